The van der Waals surface area contributed by atoms with Gasteiger partial charge in [0.2, 0.25) is 0 Å². The number of aryl methyl sites for hydroxylation is 2. The van der Waals surface area contributed by atoms with Gasteiger partial charge in [0, 0.05) is 11.8 Å². The number of aromatic nitrogens is 1. The first-order valence-corrected chi connectivity index (χ1v) is 7.74. The van der Waals surface area contributed by atoms with Crippen LogP contribution in [0.1, 0.15) is 23.4 Å². The van der Waals surface area contributed by atoms with Crippen LogP contribution in [0.2, 0.25) is 5.02 Å². The first-order valence-electron chi connectivity index (χ1n) is 7.37. The summed E-state index contributed by atoms with van der Waals surface area (Å²) in [6.07, 6.45) is 2.36. The van der Waals surface area contributed by atoms with Gasteiger partial charge >= 0.3 is 5.97 Å². The number of halogens is 1. The molecule has 0 aliphatic rings. The Morgan fingerprint density at radius 3 is 2.87 bits per heavy atom. The van der Waals surface area contributed by atoms with Crippen molar-refractivity contribution >= 4 is 28.5 Å². The van der Waals surface area contributed by atoms with Gasteiger partial charge in [-0.15, -0.1) is 0 Å². The van der Waals surface area contributed by atoms with Crippen LogP contribution in [0.25, 0.3) is 10.9 Å². The molecule has 0 aliphatic heterocycles. The van der Waals surface area contributed by atoms with E-state index in [1.165, 1.54) is 0 Å². The second-order valence-electron chi connectivity index (χ2n) is 5.25. The number of esters is 1. The molecule has 0 unspecified atom stereocenters. The molecular weight excluding hydrogens is 314 g/mol. The number of furan rings is 1. The van der Waals surface area contributed by atoms with Crippen molar-refractivity contribution in [2.24, 2.45) is 0 Å². The first kappa shape index (κ1) is 15.6. The van der Waals surface area contributed by atoms with Gasteiger partial charge in [0.15, 0.2) is 0 Å². The van der Waals surface area contributed by atoms with Crippen LogP contribution in [0.15, 0.2) is 47.1 Å². The molecule has 0 radical (unpaired) electrons. The van der Waals surface area contributed by atoms with E-state index >= 15 is 0 Å². The molecule has 0 aliphatic carbocycles. The van der Waals surface area contributed by atoms with Crippen LogP contribution in [0.4, 0.5) is 0 Å². The minimum absolute atomic E-state index is 0.0709. The van der Waals surface area contributed by atoms with Crippen molar-refractivity contribution in [3.05, 3.63) is 64.7 Å². The monoisotopic (exact) mass is 329 g/mol. The molecule has 0 atom stereocenters. The van der Waals surface area contributed by atoms with Gasteiger partial charge in [-0.2, -0.15) is 0 Å². The molecule has 0 bridgehead atoms. The summed E-state index contributed by atoms with van der Waals surface area (Å²) >= 11 is 6.35. The lowest BCUT2D eigenvalue weighted by Gasteiger charge is -2.10. The summed E-state index contributed by atoms with van der Waals surface area (Å²) in [7, 11) is 0. The van der Waals surface area contributed by atoms with Gasteiger partial charge in [0.25, 0.3) is 0 Å². The summed E-state index contributed by atoms with van der Waals surface area (Å²) in [6.45, 7) is 2.01. The zero-order valence-electron chi connectivity index (χ0n) is 12.7. The number of rotatable bonds is 5. The van der Waals surface area contributed by atoms with Gasteiger partial charge in [0.1, 0.15) is 12.4 Å². The molecule has 23 heavy (non-hydrogen) atoms. The van der Waals surface area contributed by atoms with E-state index in [1.807, 2.05) is 37.3 Å². The van der Waals surface area contributed by atoms with Crippen molar-refractivity contribution in [1.82, 2.24) is 4.98 Å². The highest BCUT2D eigenvalue weighted by molar-refractivity contribution is 6.32. The predicted octanol–water partition coefficient (Wildman–Crippen LogP) is 4.47. The third kappa shape index (κ3) is 3.54. The van der Waals surface area contributed by atoms with Gasteiger partial charge in [-0.1, -0.05) is 29.8 Å². The Balaban J connectivity index is 1.67. The fourth-order valence-electron chi connectivity index (χ4n) is 2.41. The van der Waals surface area contributed by atoms with E-state index in [0.717, 1.165) is 22.2 Å². The number of benzene rings is 1. The molecule has 4 nitrogen and oxygen atoms in total. The maximum atomic E-state index is 11.8. The topological polar surface area (TPSA) is 52.3 Å². The fraction of sp³-hybridized carbons (Fsp3) is 0.222. The molecule has 2 heterocycles. The minimum atomic E-state index is -0.301. The smallest absolute Gasteiger partial charge is 0.306 e. The number of carbonyl (C=O) groups is 1. The number of hydrogen-bond acceptors (Lipinski definition) is 4. The molecule has 0 N–H and O–H groups in total. The molecule has 2 aromatic heterocycles. The number of nitrogens with zero attached hydrogens (tertiary/aromatic N) is 1. The zero-order chi connectivity index (χ0) is 16.2. The van der Waals surface area contributed by atoms with E-state index in [2.05, 4.69) is 4.98 Å². The van der Waals surface area contributed by atoms with Crippen molar-refractivity contribution in [3.63, 3.8) is 0 Å². The van der Waals surface area contributed by atoms with Crippen molar-refractivity contribution in [3.8, 4) is 0 Å². The lowest BCUT2D eigenvalue weighted by molar-refractivity contribution is -0.145. The summed E-state index contributed by atoms with van der Waals surface area (Å²) in [6, 6.07) is 11.4. The van der Waals surface area contributed by atoms with Crippen LogP contribution in [-0.2, 0) is 22.6 Å². The SMILES string of the molecule is Cc1c(Cl)c(COC(=O)CCc2ccco2)nc2ccccc12. The van der Waals surface area contributed by atoms with Crippen LogP contribution < -0.4 is 0 Å². The fourth-order valence-corrected chi connectivity index (χ4v) is 2.61. The van der Waals surface area contributed by atoms with Crippen LogP contribution in [-0.4, -0.2) is 11.0 Å². The number of carbonyl (C=O) groups excluding carboxylic acids is 1. The molecule has 5 heteroatoms. The number of pyridine rings is 1. The summed E-state index contributed by atoms with van der Waals surface area (Å²) in [5, 5.41) is 1.55. The molecule has 0 fully saturated rings. The molecule has 3 rings (SSSR count). The minimum Gasteiger partial charge on any atom is -0.469 e. The maximum absolute atomic E-state index is 11.8. The standard InChI is InChI=1S/C18H16ClNO3/c1-12-14-6-2-3-7-15(14)20-16(18(12)19)11-23-17(21)9-8-13-5-4-10-22-13/h2-7,10H,8-9,11H2,1H3. The quantitative estimate of drug-likeness (QED) is 0.648. The average Bonchev–Trinajstić information content (AvgIpc) is 3.08. The number of para-hydroxylation sites is 1. The van der Waals surface area contributed by atoms with Crippen LogP contribution in [0, 0.1) is 6.92 Å². The largest absolute Gasteiger partial charge is 0.469 e. The summed E-state index contributed by atoms with van der Waals surface area (Å²) < 4.78 is 10.5. The molecule has 0 saturated heterocycles. The van der Waals surface area contributed by atoms with E-state index in [1.54, 1.807) is 12.3 Å². The van der Waals surface area contributed by atoms with Crippen LogP contribution in [0.3, 0.4) is 0 Å². The lowest BCUT2D eigenvalue weighted by atomic mass is 10.1. The molecule has 0 saturated carbocycles. The highest BCUT2D eigenvalue weighted by atomic mass is 35.5. The van der Waals surface area contributed by atoms with E-state index in [9.17, 15) is 4.79 Å². The second-order valence-corrected chi connectivity index (χ2v) is 5.63. The van der Waals surface area contributed by atoms with Gasteiger partial charge in [-0.3, -0.25) is 4.79 Å². The molecule has 118 valence electrons. The molecule has 3 aromatic rings. The van der Waals surface area contributed by atoms with Gasteiger partial charge < -0.3 is 9.15 Å². The van der Waals surface area contributed by atoms with Gasteiger partial charge in [-0.25, -0.2) is 4.98 Å². The zero-order valence-corrected chi connectivity index (χ0v) is 13.5. The highest BCUT2D eigenvalue weighted by Crippen LogP contribution is 2.27. The van der Waals surface area contributed by atoms with E-state index in [0.29, 0.717) is 17.1 Å². The van der Waals surface area contributed by atoms with Crippen molar-refractivity contribution in [2.75, 3.05) is 0 Å². The van der Waals surface area contributed by atoms with Crippen LogP contribution in [0.5, 0.6) is 0 Å². The molecule has 1 aromatic carbocycles. The van der Waals surface area contributed by atoms with Crippen molar-refractivity contribution in [2.45, 2.75) is 26.4 Å². The van der Waals surface area contributed by atoms with Gasteiger partial charge in [-0.05, 0) is 30.7 Å². The molecular formula is C18H16ClNO3. The second kappa shape index (κ2) is 6.84. The van der Waals surface area contributed by atoms with Crippen molar-refractivity contribution < 1.29 is 13.9 Å². The highest BCUT2D eigenvalue weighted by Gasteiger charge is 2.12. The van der Waals surface area contributed by atoms with E-state index < -0.39 is 0 Å². The number of ether oxygens (including phenoxy) is 1. The third-order valence-corrected chi connectivity index (χ3v) is 4.17. The van der Waals surface area contributed by atoms with Crippen molar-refractivity contribution in [1.29, 1.82) is 0 Å². The first-order chi connectivity index (χ1) is 11.1. The maximum Gasteiger partial charge on any atom is 0.306 e. The predicted molar refractivity (Wildman–Crippen MR) is 88.3 cm³/mol. The Morgan fingerprint density at radius 2 is 2.09 bits per heavy atom. The lowest BCUT2D eigenvalue weighted by Crippen LogP contribution is -2.07. The van der Waals surface area contributed by atoms with E-state index in [4.69, 9.17) is 20.8 Å². The average molecular weight is 330 g/mol. The summed E-state index contributed by atoms with van der Waals surface area (Å²) in [5.74, 6) is 0.463. The Morgan fingerprint density at radius 1 is 1.26 bits per heavy atom. The van der Waals surface area contributed by atoms with Gasteiger partial charge in [0.05, 0.1) is 28.9 Å². The number of fused-ring (bicyclic) bond motifs is 1. The normalized spacial score (nSPS) is 10.9. The Bertz CT molecular complexity index is 828. The third-order valence-electron chi connectivity index (χ3n) is 3.67. The Kier molecular flexibility index (Phi) is 4.63. The summed E-state index contributed by atoms with van der Waals surface area (Å²) in [5.41, 5.74) is 2.36. The van der Waals surface area contributed by atoms with Crippen LogP contribution >= 0.6 is 11.6 Å². The number of hydrogen-bond donors (Lipinski definition) is 0. The molecule has 0 amide bonds. The molecule has 0 spiro atoms. The summed E-state index contributed by atoms with van der Waals surface area (Å²) in [4.78, 5) is 16.3. The Hall–Kier alpha value is -2.33. The Labute approximate surface area is 139 Å². The van der Waals surface area contributed by atoms with E-state index in [-0.39, 0.29) is 19.0 Å².